The van der Waals surface area contributed by atoms with Gasteiger partial charge in [0.25, 0.3) is 5.91 Å². The van der Waals surface area contributed by atoms with E-state index in [-0.39, 0.29) is 11.3 Å². The average Bonchev–Trinajstić information content (AvgIpc) is 2.47. The molecule has 1 aromatic carbocycles. The summed E-state index contributed by atoms with van der Waals surface area (Å²) in [4.78, 5) is 11.5. The summed E-state index contributed by atoms with van der Waals surface area (Å²) in [6, 6.07) is 8.18. The molecule has 1 aliphatic rings. The van der Waals surface area contributed by atoms with E-state index in [0.29, 0.717) is 23.6 Å². The Kier molecular flexibility index (Phi) is 4.69. The summed E-state index contributed by atoms with van der Waals surface area (Å²) in [5.41, 5.74) is 2.03. The maximum absolute atomic E-state index is 11.5. The van der Waals surface area contributed by atoms with Gasteiger partial charge in [-0.2, -0.15) is 0 Å². The molecule has 1 aliphatic carbocycles. The molecular weight excluding hydrogens is 264 g/mol. The van der Waals surface area contributed by atoms with Crippen molar-refractivity contribution in [3.05, 3.63) is 35.4 Å². The number of methoxy groups -OCH3 is 1. The van der Waals surface area contributed by atoms with Crippen molar-refractivity contribution in [3.8, 4) is 0 Å². The molecule has 116 valence electrons. The molecular formula is C17H26N2O2. The maximum atomic E-state index is 11.5. The van der Waals surface area contributed by atoms with Gasteiger partial charge in [0, 0.05) is 37.7 Å². The highest BCUT2D eigenvalue weighted by Gasteiger charge is 2.54. The summed E-state index contributed by atoms with van der Waals surface area (Å²) in [6.45, 7) is 7.52. The maximum Gasteiger partial charge on any atom is 0.251 e. The Bertz CT molecular complexity index is 496. The van der Waals surface area contributed by atoms with Gasteiger partial charge >= 0.3 is 0 Å². The van der Waals surface area contributed by atoms with Crippen LogP contribution in [0.4, 0.5) is 0 Å². The average molecular weight is 290 g/mol. The second kappa shape index (κ2) is 6.16. The van der Waals surface area contributed by atoms with Crippen LogP contribution in [0.1, 0.15) is 36.7 Å². The Hall–Kier alpha value is -1.39. The molecule has 1 saturated carbocycles. The first-order valence-corrected chi connectivity index (χ1v) is 7.49. The topological polar surface area (TPSA) is 50.4 Å². The van der Waals surface area contributed by atoms with E-state index in [9.17, 15) is 4.79 Å². The predicted octanol–water partition coefficient (Wildman–Crippen LogP) is 2.20. The van der Waals surface area contributed by atoms with Crippen molar-refractivity contribution in [1.29, 1.82) is 0 Å². The molecule has 2 rings (SSSR count). The van der Waals surface area contributed by atoms with Gasteiger partial charge in [-0.3, -0.25) is 4.79 Å². The molecule has 1 aromatic rings. The van der Waals surface area contributed by atoms with E-state index in [1.807, 2.05) is 24.3 Å². The van der Waals surface area contributed by atoms with Crippen molar-refractivity contribution < 1.29 is 9.53 Å². The van der Waals surface area contributed by atoms with Crippen molar-refractivity contribution in [3.63, 3.8) is 0 Å². The lowest BCUT2D eigenvalue weighted by Crippen LogP contribution is -2.66. The summed E-state index contributed by atoms with van der Waals surface area (Å²) in [5.74, 6) is 0.460. The van der Waals surface area contributed by atoms with Crippen LogP contribution >= 0.6 is 0 Å². The summed E-state index contributed by atoms with van der Waals surface area (Å²) < 4.78 is 5.57. The van der Waals surface area contributed by atoms with Crippen molar-refractivity contribution in [2.45, 2.75) is 39.5 Å². The monoisotopic (exact) mass is 290 g/mol. The van der Waals surface area contributed by atoms with Gasteiger partial charge in [-0.15, -0.1) is 0 Å². The van der Waals surface area contributed by atoms with Crippen LogP contribution in [-0.2, 0) is 11.3 Å². The Morgan fingerprint density at radius 3 is 2.38 bits per heavy atom. The summed E-state index contributed by atoms with van der Waals surface area (Å²) in [7, 11) is 3.43. The minimum Gasteiger partial charge on any atom is -0.380 e. The lowest BCUT2D eigenvalue weighted by Gasteiger charge is -2.56. The van der Waals surface area contributed by atoms with Crippen molar-refractivity contribution in [2.75, 3.05) is 14.2 Å². The van der Waals surface area contributed by atoms with Crippen LogP contribution < -0.4 is 10.6 Å². The van der Waals surface area contributed by atoms with Gasteiger partial charge in [0.1, 0.15) is 0 Å². The first-order valence-electron chi connectivity index (χ1n) is 7.49. The zero-order valence-electron chi connectivity index (χ0n) is 13.6. The third-order valence-corrected chi connectivity index (χ3v) is 4.76. The molecule has 1 amide bonds. The summed E-state index contributed by atoms with van der Waals surface area (Å²) in [6.07, 6.45) is 0.311. The van der Waals surface area contributed by atoms with E-state index < -0.39 is 0 Å². The van der Waals surface area contributed by atoms with Crippen LogP contribution in [0, 0.1) is 11.3 Å². The van der Waals surface area contributed by atoms with E-state index in [1.165, 1.54) is 5.56 Å². The van der Waals surface area contributed by atoms with E-state index >= 15 is 0 Å². The molecule has 0 radical (unpaired) electrons. The molecule has 0 aromatic heterocycles. The summed E-state index contributed by atoms with van der Waals surface area (Å²) >= 11 is 0. The number of amides is 1. The fraction of sp³-hybridized carbons (Fsp3) is 0.588. The predicted molar refractivity (Wildman–Crippen MR) is 84.2 cm³/mol. The van der Waals surface area contributed by atoms with Crippen LogP contribution in [0.3, 0.4) is 0 Å². The molecule has 2 N–H and O–H groups in total. The van der Waals surface area contributed by atoms with Crippen molar-refractivity contribution in [2.24, 2.45) is 11.3 Å². The molecule has 21 heavy (non-hydrogen) atoms. The van der Waals surface area contributed by atoms with Gasteiger partial charge in [-0.1, -0.05) is 32.9 Å². The Morgan fingerprint density at radius 2 is 1.90 bits per heavy atom. The first kappa shape index (κ1) is 16.0. The molecule has 0 heterocycles. The number of carbonyl (C=O) groups is 1. The standard InChI is InChI=1S/C17H26N2O2/c1-11-14(17(2,3)15(11)21-5)19-10-12-6-8-13(9-7-12)16(20)18-4/h6-9,11,14-15,19H,10H2,1-5H3,(H,18,20). The normalized spacial score (nSPS) is 27.0. The summed E-state index contributed by atoms with van der Waals surface area (Å²) in [5, 5.41) is 6.25. The lowest BCUT2D eigenvalue weighted by atomic mass is 9.58. The molecule has 0 aliphatic heterocycles. The molecule has 4 heteroatoms. The minimum absolute atomic E-state index is 0.0498. The smallest absolute Gasteiger partial charge is 0.251 e. The third kappa shape index (κ3) is 2.97. The van der Waals surface area contributed by atoms with Crippen LogP contribution in [0.2, 0.25) is 0 Å². The lowest BCUT2D eigenvalue weighted by molar-refractivity contribution is -0.145. The van der Waals surface area contributed by atoms with E-state index in [2.05, 4.69) is 31.4 Å². The molecule has 3 unspecified atom stereocenters. The molecule has 0 bridgehead atoms. The number of benzene rings is 1. The number of ether oxygens (including phenoxy) is 1. The Balaban J connectivity index is 1.93. The van der Waals surface area contributed by atoms with Gasteiger partial charge in [-0.25, -0.2) is 0 Å². The highest BCUT2D eigenvalue weighted by atomic mass is 16.5. The van der Waals surface area contributed by atoms with Gasteiger partial charge in [-0.05, 0) is 23.6 Å². The molecule has 0 saturated heterocycles. The van der Waals surface area contributed by atoms with Crippen LogP contribution in [-0.4, -0.2) is 32.2 Å². The third-order valence-electron chi connectivity index (χ3n) is 4.76. The Morgan fingerprint density at radius 1 is 1.29 bits per heavy atom. The quantitative estimate of drug-likeness (QED) is 0.874. The van der Waals surface area contributed by atoms with E-state index in [0.717, 1.165) is 6.54 Å². The molecule has 1 fully saturated rings. The highest BCUT2D eigenvalue weighted by Crippen LogP contribution is 2.46. The first-order chi connectivity index (χ1) is 9.91. The largest absolute Gasteiger partial charge is 0.380 e. The number of hydrogen-bond acceptors (Lipinski definition) is 3. The minimum atomic E-state index is -0.0498. The second-order valence-corrected chi connectivity index (χ2v) is 6.47. The van der Waals surface area contributed by atoms with Gasteiger partial charge in [0.2, 0.25) is 0 Å². The van der Waals surface area contributed by atoms with E-state index in [4.69, 9.17) is 4.74 Å². The Labute approximate surface area is 127 Å². The SMILES string of the molecule is CNC(=O)c1ccc(CNC2C(C)C(OC)C2(C)C)cc1. The highest BCUT2D eigenvalue weighted by molar-refractivity contribution is 5.93. The number of hydrogen-bond donors (Lipinski definition) is 2. The zero-order valence-corrected chi connectivity index (χ0v) is 13.6. The van der Waals surface area contributed by atoms with Crippen LogP contribution in [0.25, 0.3) is 0 Å². The van der Waals surface area contributed by atoms with Crippen LogP contribution in [0.15, 0.2) is 24.3 Å². The van der Waals surface area contributed by atoms with Crippen LogP contribution in [0.5, 0.6) is 0 Å². The fourth-order valence-corrected chi connectivity index (χ4v) is 3.70. The molecule has 3 atom stereocenters. The number of carbonyl (C=O) groups excluding carboxylic acids is 1. The van der Waals surface area contributed by atoms with Gasteiger partial charge < -0.3 is 15.4 Å². The van der Waals surface area contributed by atoms with Crippen molar-refractivity contribution >= 4 is 5.91 Å². The van der Waals surface area contributed by atoms with E-state index in [1.54, 1.807) is 14.2 Å². The fourth-order valence-electron chi connectivity index (χ4n) is 3.70. The molecule has 0 spiro atoms. The van der Waals surface area contributed by atoms with Crippen molar-refractivity contribution in [1.82, 2.24) is 10.6 Å². The number of nitrogens with one attached hydrogen (secondary N) is 2. The van der Waals surface area contributed by atoms with Gasteiger partial charge in [0.05, 0.1) is 6.10 Å². The van der Waals surface area contributed by atoms with Gasteiger partial charge in [0.15, 0.2) is 0 Å². The molecule has 4 nitrogen and oxygen atoms in total. The zero-order chi connectivity index (χ0) is 15.6. The number of rotatable bonds is 5. The second-order valence-electron chi connectivity index (χ2n) is 6.47.